The van der Waals surface area contributed by atoms with Crippen LogP contribution in [0.4, 0.5) is 5.13 Å². The van der Waals surface area contributed by atoms with Crippen molar-refractivity contribution in [3.05, 3.63) is 12.1 Å². The van der Waals surface area contributed by atoms with Gasteiger partial charge < -0.3 is 14.8 Å². The molecule has 4 nitrogen and oxygen atoms in total. The van der Waals surface area contributed by atoms with Crippen molar-refractivity contribution in [3.8, 4) is 11.5 Å². The summed E-state index contributed by atoms with van der Waals surface area (Å²) in [5.74, 6) is 1.44. The molecule has 0 unspecified atom stereocenters. The summed E-state index contributed by atoms with van der Waals surface area (Å²) in [5, 5.41) is 3.91. The molecule has 16 heavy (non-hydrogen) atoms. The maximum atomic E-state index is 5.22. The monoisotopic (exact) mass is 260 g/mol. The van der Waals surface area contributed by atoms with Crippen LogP contribution in [0, 0.1) is 0 Å². The lowest BCUT2D eigenvalue weighted by atomic mass is 10.3. The Kier molecular flexibility index (Phi) is 4.20. The molecular formula is C10H13ClN2O2S. The van der Waals surface area contributed by atoms with Crippen molar-refractivity contribution < 1.29 is 9.47 Å². The van der Waals surface area contributed by atoms with E-state index in [0.29, 0.717) is 5.75 Å². The standard InChI is InChI=1S/C10H12N2O2S.ClH/c1-11-10-12-6-4-7(13-2)8(14-3)5-9(6)15-10;/h4-5H,1-3H3,(H,11,12);1H. The predicted octanol–water partition coefficient (Wildman–Crippen LogP) is 2.78. The number of thiazole rings is 1. The van der Waals surface area contributed by atoms with Gasteiger partial charge in [-0.15, -0.1) is 12.4 Å². The van der Waals surface area contributed by atoms with Gasteiger partial charge in [0.05, 0.1) is 24.4 Å². The molecule has 1 N–H and O–H groups in total. The van der Waals surface area contributed by atoms with Crippen LogP contribution >= 0.6 is 23.7 Å². The molecule has 0 aliphatic carbocycles. The van der Waals surface area contributed by atoms with Gasteiger partial charge in [-0.3, -0.25) is 0 Å². The van der Waals surface area contributed by atoms with Gasteiger partial charge in [-0.25, -0.2) is 4.98 Å². The van der Waals surface area contributed by atoms with E-state index < -0.39 is 0 Å². The number of aromatic nitrogens is 1. The molecule has 0 fully saturated rings. The normalized spacial score (nSPS) is 9.69. The molecule has 0 aliphatic heterocycles. The molecule has 1 aromatic carbocycles. The van der Waals surface area contributed by atoms with Gasteiger partial charge in [-0.1, -0.05) is 11.3 Å². The number of fused-ring (bicyclic) bond motifs is 1. The molecule has 0 atom stereocenters. The zero-order valence-corrected chi connectivity index (χ0v) is 10.9. The fourth-order valence-corrected chi connectivity index (χ4v) is 2.19. The second kappa shape index (κ2) is 5.23. The molecule has 0 bridgehead atoms. The highest BCUT2D eigenvalue weighted by Crippen LogP contribution is 2.35. The fraction of sp³-hybridized carbons (Fsp3) is 0.300. The number of hydrogen-bond acceptors (Lipinski definition) is 5. The Bertz CT molecular complexity index is 446. The molecule has 2 aromatic rings. The van der Waals surface area contributed by atoms with Gasteiger partial charge in [0.2, 0.25) is 0 Å². The van der Waals surface area contributed by atoms with Gasteiger partial charge >= 0.3 is 0 Å². The first-order chi connectivity index (χ1) is 7.28. The van der Waals surface area contributed by atoms with E-state index in [0.717, 1.165) is 21.1 Å². The first kappa shape index (κ1) is 12.9. The lowest BCUT2D eigenvalue weighted by molar-refractivity contribution is 0.356. The molecule has 0 saturated heterocycles. The third-order valence-electron chi connectivity index (χ3n) is 2.11. The van der Waals surface area contributed by atoms with Crippen LogP contribution in [0.5, 0.6) is 11.5 Å². The summed E-state index contributed by atoms with van der Waals surface area (Å²) in [7, 11) is 5.10. The topological polar surface area (TPSA) is 43.4 Å². The van der Waals surface area contributed by atoms with Crippen molar-refractivity contribution in [2.75, 3.05) is 26.6 Å². The van der Waals surface area contributed by atoms with Crippen LogP contribution in [0.25, 0.3) is 10.2 Å². The minimum absolute atomic E-state index is 0. The Labute approximate surface area is 104 Å². The summed E-state index contributed by atoms with van der Waals surface area (Å²) in [6, 6.07) is 3.82. The smallest absolute Gasteiger partial charge is 0.183 e. The van der Waals surface area contributed by atoms with Crippen LogP contribution in [0.15, 0.2) is 12.1 Å². The number of ether oxygens (including phenoxy) is 2. The van der Waals surface area contributed by atoms with Gasteiger partial charge in [0.1, 0.15) is 0 Å². The third-order valence-corrected chi connectivity index (χ3v) is 3.14. The van der Waals surface area contributed by atoms with Crippen LogP contribution < -0.4 is 14.8 Å². The second-order valence-corrected chi connectivity index (χ2v) is 3.97. The van der Waals surface area contributed by atoms with Crippen molar-refractivity contribution in [2.45, 2.75) is 0 Å². The van der Waals surface area contributed by atoms with Crippen LogP contribution in [0.1, 0.15) is 0 Å². The minimum atomic E-state index is 0. The number of nitrogens with zero attached hydrogens (tertiary/aromatic N) is 1. The van der Waals surface area contributed by atoms with E-state index in [-0.39, 0.29) is 12.4 Å². The van der Waals surface area contributed by atoms with E-state index in [9.17, 15) is 0 Å². The molecule has 0 aliphatic rings. The molecule has 0 spiro atoms. The quantitative estimate of drug-likeness (QED) is 0.922. The largest absolute Gasteiger partial charge is 0.493 e. The molecule has 0 amide bonds. The SMILES string of the molecule is CNc1nc2cc(OC)c(OC)cc2s1.Cl. The Morgan fingerprint density at radius 3 is 2.38 bits per heavy atom. The summed E-state index contributed by atoms with van der Waals surface area (Å²) < 4.78 is 11.5. The molecule has 1 aromatic heterocycles. The van der Waals surface area contributed by atoms with Gasteiger partial charge in [0.15, 0.2) is 16.6 Å². The second-order valence-electron chi connectivity index (χ2n) is 2.94. The molecular weight excluding hydrogens is 248 g/mol. The lowest BCUT2D eigenvalue weighted by Gasteiger charge is -2.05. The molecule has 0 saturated carbocycles. The molecule has 88 valence electrons. The Balaban J connectivity index is 0.00000128. The lowest BCUT2D eigenvalue weighted by Crippen LogP contribution is -1.89. The summed E-state index contributed by atoms with van der Waals surface area (Å²) in [5.41, 5.74) is 0.919. The van der Waals surface area contributed by atoms with Crippen molar-refractivity contribution in [1.29, 1.82) is 0 Å². The fourth-order valence-electron chi connectivity index (χ4n) is 1.36. The Morgan fingerprint density at radius 2 is 1.81 bits per heavy atom. The number of hydrogen-bond donors (Lipinski definition) is 1. The number of halogens is 1. The van der Waals surface area contributed by atoms with Crippen molar-refractivity contribution in [3.63, 3.8) is 0 Å². The highest BCUT2D eigenvalue weighted by molar-refractivity contribution is 7.22. The number of methoxy groups -OCH3 is 2. The van der Waals surface area contributed by atoms with E-state index in [1.807, 2.05) is 19.2 Å². The first-order valence-corrected chi connectivity index (χ1v) is 5.30. The Morgan fingerprint density at radius 1 is 1.19 bits per heavy atom. The molecule has 1 heterocycles. The van der Waals surface area contributed by atoms with Gasteiger partial charge in [0, 0.05) is 19.2 Å². The average Bonchev–Trinajstić information content (AvgIpc) is 2.68. The van der Waals surface area contributed by atoms with E-state index in [4.69, 9.17) is 9.47 Å². The predicted molar refractivity (Wildman–Crippen MR) is 69.5 cm³/mol. The van der Waals surface area contributed by atoms with E-state index in [1.54, 1.807) is 25.6 Å². The molecule has 2 rings (SSSR count). The number of nitrogens with one attached hydrogen (secondary N) is 1. The Hall–Kier alpha value is -1.20. The van der Waals surface area contributed by atoms with Crippen LogP contribution in [0.2, 0.25) is 0 Å². The highest BCUT2D eigenvalue weighted by atomic mass is 35.5. The van der Waals surface area contributed by atoms with Crippen LogP contribution in [0.3, 0.4) is 0 Å². The van der Waals surface area contributed by atoms with Crippen molar-refractivity contribution in [1.82, 2.24) is 4.98 Å². The third kappa shape index (κ3) is 2.15. The van der Waals surface area contributed by atoms with Crippen molar-refractivity contribution >= 4 is 39.1 Å². The molecule has 0 radical (unpaired) electrons. The van der Waals surface area contributed by atoms with E-state index in [1.165, 1.54) is 0 Å². The molecule has 6 heteroatoms. The van der Waals surface area contributed by atoms with Crippen LogP contribution in [-0.2, 0) is 0 Å². The van der Waals surface area contributed by atoms with E-state index in [2.05, 4.69) is 10.3 Å². The average molecular weight is 261 g/mol. The first-order valence-electron chi connectivity index (χ1n) is 4.48. The maximum Gasteiger partial charge on any atom is 0.183 e. The van der Waals surface area contributed by atoms with E-state index >= 15 is 0 Å². The summed E-state index contributed by atoms with van der Waals surface area (Å²) in [6.45, 7) is 0. The zero-order chi connectivity index (χ0) is 10.8. The number of benzene rings is 1. The highest BCUT2D eigenvalue weighted by Gasteiger charge is 2.09. The number of rotatable bonds is 3. The van der Waals surface area contributed by atoms with Gasteiger partial charge in [-0.2, -0.15) is 0 Å². The van der Waals surface area contributed by atoms with Gasteiger partial charge in [0.25, 0.3) is 0 Å². The van der Waals surface area contributed by atoms with Crippen LogP contribution in [-0.4, -0.2) is 26.3 Å². The maximum absolute atomic E-state index is 5.22. The zero-order valence-electron chi connectivity index (χ0n) is 9.23. The minimum Gasteiger partial charge on any atom is -0.493 e. The van der Waals surface area contributed by atoms with Gasteiger partial charge in [-0.05, 0) is 0 Å². The summed E-state index contributed by atoms with van der Waals surface area (Å²) in [4.78, 5) is 4.39. The summed E-state index contributed by atoms with van der Waals surface area (Å²) >= 11 is 1.59. The van der Waals surface area contributed by atoms with Crippen molar-refractivity contribution in [2.24, 2.45) is 0 Å². The number of anilines is 1. The summed E-state index contributed by atoms with van der Waals surface area (Å²) in [6.07, 6.45) is 0.